The molecule has 2 aromatic heterocycles. The summed E-state index contributed by atoms with van der Waals surface area (Å²) in [6, 6.07) is 7.23. The number of benzene rings is 1. The number of nitro benzene ring substituents is 1. The van der Waals surface area contributed by atoms with Gasteiger partial charge in [0.25, 0.3) is 5.69 Å². The van der Waals surface area contributed by atoms with Crippen molar-refractivity contribution in [2.24, 2.45) is 0 Å². The Morgan fingerprint density at radius 1 is 1.09 bits per heavy atom. The van der Waals surface area contributed by atoms with E-state index in [-0.39, 0.29) is 28.1 Å². The highest BCUT2D eigenvalue weighted by Crippen LogP contribution is 2.39. The largest absolute Gasteiger partial charge is 0.457 e. The molecule has 110 valence electrons. The standard InChI is InChI=1S/C14H9N3O5/c1-8-7-9(14-12(17(20)21)5-6-22-14)13-10(15-8)3-2-4-11(13)16(18)19/h2-7H,1H3. The van der Waals surface area contributed by atoms with Crippen molar-refractivity contribution in [3.8, 4) is 11.3 Å². The second-order valence-electron chi connectivity index (χ2n) is 4.63. The van der Waals surface area contributed by atoms with Gasteiger partial charge in [-0.15, -0.1) is 0 Å². The Hall–Kier alpha value is -3.29. The van der Waals surface area contributed by atoms with Crippen molar-refractivity contribution >= 4 is 22.3 Å². The number of fused-ring (bicyclic) bond motifs is 1. The third-order valence-electron chi connectivity index (χ3n) is 3.22. The number of hydrogen-bond donors (Lipinski definition) is 0. The van der Waals surface area contributed by atoms with Gasteiger partial charge in [-0.25, -0.2) is 0 Å². The quantitative estimate of drug-likeness (QED) is 0.539. The number of nitrogens with zero attached hydrogens (tertiary/aromatic N) is 3. The molecule has 0 radical (unpaired) electrons. The lowest BCUT2D eigenvalue weighted by molar-refractivity contribution is -0.384. The van der Waals surface area contributed by atoms with Gasteiger partial charge in [0.15, 0.2) is 0 Å². The molecule has 0 amide bonds. The molecule has 3 rings (SSSR count). The SMILES string of the molecule is Cc1cc(-c2occc2[N+](=O)[O-])c2c([N+](=O)[O-])cccc2n1. The van der Waals surface area contributed by atoms with Gasteiger partial charge in [0.05, 0.1) is 33.1 Å². The number of pyridine rings is 1. The van der Waals surface area contributed by atoms with Gasteiger partial charge in [-0.2, -0.15) is 0 Å². The monoisotopic (exact) mass is 299 g/mol. The fraction of sp³-hybridized carbons (Fsp3) is 0.0714. The van der Waals surface area contributed by atoms with Crippen LogP contribution in [0.25, 0.3) is 22.2 Å². The molecule has 0 aliphatic carbocycles. The smallest absolute Gasteiger partial charge is 0.315 e. The molecule has 8 nitrogen and oxygen atoms in total. The first-order valence-electron chi connectivity index (χ1n) is 6.26. The van der Waals surface area contributed by atoms with E-state index >= 15 is 0 Å². The molecule has 2 heterocycles. The van der Waals surface area contributed by atoms with Crippen LogP contribution in [0, 0.1) is 27.2 Å². The highest BCUT2D eigenvalue weighted by atomic mass is 16.6. The molecule has 0 N–H and O–H groups in total. The summed E-state index contributed by atoms with van der Waals surface area (Å²) >= 11 is 0. The summed E-state index contributed by atoms with van der Waals surface area (Å²) < 4.78 is 5.22. The lowest BCUT2D eigenvalue weighted by atomic mass is 10.0. The van der Waals surface area contributed by atoms with Crippen molar-refractivity contribution in [3.63, 3.8) is 0 Å². The fourth-order valence-corrected chi connectivity index (χ4v) is 2.38. The first-order valence-corrected chi connectivity index (χ1v) is 6.26. The van der Waals surface area contributed by atoms with Gasteiger partial charge in [0.1, 0.15) is 0 Å². The Morgan fingerprint density at radius 3 is 2.50 bits per heavy atom. The van der Waals surface area contributed by atoms with E-state index in [0.717, 1.165) is 0 Å². The third kappa shape index (κ3) is 2.06. The average Bonchev–Trinajstić information content (AvgIpc) is 2.94. The molecule has 0 bridgehead atoms. The van der Waals surface area contributed by atoms with Crippen LogP contribution in [0.5, 0.6) is 0 Å². The van der Waals surface area contributed by atoms with E-state index < -0.39 is 9.85 Å². The first kappa shape index (κ1) is 13.7. The van der Waals surface area contributed by atoms with Crippen molar-refractivity contribution < 1.29 is 14.3 Å². The first-order chi connectivity index (χ1) is 10.5. The lowest BCUT2D eigenvalue weighted by Crippen LogP contribution is -1.96. The fourth-order valence-electron chi connectivity index (χ4n) is 2.38. The van der Waals surface area contributed by atoms with Crippen LogP contribution in [0.2, 0.25) is 0 Å². The molecule has 0 fully saturated rings. The molecule has 0 aliphatic rings. The number of hydrogen-bond acceptors (Lipinski definition) is 6. The summed E-state index contributed by atoms with van der Waals surface area (Å²) in [6.45, 7) is 1.70. The normalized spacial score (nSPS) is 10.8. The summed E-state index contributed by atoms with van der Waals surface area (Å²) in [5.74, 6) is -0.0187. The van der Waals surface area contributed by atoms with E-state index in [0.29, 0.717) is 11.2 Å². The zero-order valence-electron chi connectivity index (χ0n) is 11.3. The van der Waals surface area contributed by atoms with Gasteiger partial charge in [-0.1, -0.05) is 6.07 Å². The van der Waals surface area contributed by atoms with E-state index in [1.165, 1.54) is 24.5 Å². The predicted molar refractivity (Wildman–Crippen MR) is 77.5 cm³/mol. The second kappa shape index (κ2) is 4.92. The van der Waals surface area contributed by atoms with Crippen molar-refractivity contribution in [1.82, 2.24) is 4.98 Å². The molecule has 0 unspecified atom stereocenters. The van der Waals surface area contributed by atoms with Crippen LogP contribution in [0.1, 0.15) is 5.69 Å². The highest BCUT2D eigenvalue weighted by molar-refractivity contribution is 6.01. The highest BCUT2D eigenvalue weighted by Gasteiger charge is 2.25. The molecular weight excluding hydrogens is 290 g/mol. The minimum absolute atomic E-state index is 0.0187. The molecule has 0 saturated heterocycles. The van der Waals surface area contributed by atoms with Gasteiger partial charge in [0.2, 0.25) is 5.76 Å². The molecule has 0 saturated carbocycles. The predicted octanol–water partition coefficient (Wildman–Crippen LogP) is 3.62. The Labute approximate surface area is 123 Å². The number of aryl methyl sites for hydroxylation is 1. The van der Waals surface area contributed by atoms with E-state index in [4.69, 9.17) is 4.42 Å². The second-order valence-corrected chi connectivity index (χ2v) is 4.63. The Balaban J connectivity index is 2.45. The van der Waals surface area contributed by atoms with Gasteiger partial charge < -0.3 is 4.42 Å². The third-order valence-corrected chi connectivity index (χ3v) is 3.22. The summed E-state index contributed by atoms with van der Waals surface area (Å²) in [7, 11) is 0. The molecule has 1 aromatic carbocycles. The molecule has 0 aliphatic heterocycles. The average molecular weight is 299 g/mol. The molecule has 3 aromatic rings. The van der Waals surface area contributed by atoms with Crippen LogP contribution in [0.3, 0.4) is 0 Å². The summed E-state index contributed by atoms with van der Waals surface area (Å²) in [5.41, 5.74) is 0.825. The zero-order valence-corrected chi connectivity index (χ0v) is 11.3. The molecule has 8 heteroatoms. The van der Waals surface area contributed by atoms with Crippen molar-refractivity contribution in [1.29, 1.82) is 0 Å². The van der Waals surface area contributed by atoms with E-state index in [2.05, 4.69) is 4.98 Å². The Kier molecular flexibility index (Phi) is 3.06. The number of furan rings is 1. The van der Waals surface area contributed by atoms with Gasteiger partial charge in [0, 0.05) is 17.3 Å². The molecule has 22 heavy (non-hydrogen) atoms. The number of non-ortho nitro benzene ring substituents is 1. The van der Waals surface area contributed by atoms with E-state index in [9.17, 15) is 20.2 Å². The van der Waals surface area contributed by atoms with Crippen molar-refractivity contribution in [3.05, 3.63) is 62.5 Å². The van der Waals surface area contributed by atoms with Crippen LogP contribution >= 0.6 is 0 Å². The van der Waals surface area contributed by atoms with Crippen molar-refractivity contribution in [2.45, 2.75) is 6.92 Å². The Bertz CT molecular complexity index is 916. The van der Waals surface area contributed by atoms with Crippen LogP contribution in [-0.4, -0.2) is 14.8 Å². The summed E-state index contributed by atoms with van der Waals surface area (Å²) in [4.78, 5) is 25.5. The van der Waals surface area contributed by atoms with Crippen LogP contribution in [0.15, 0.2) is 41.0 Å². The van der Waals surface area contributed by atoms with Crippen molar-refractivity contribution in [2.75, 3.05) is 0 Å². The maximum atomic E-state index is 11.3. The minimum atomic E-state index is -0.588. The van der Waals surface area contributed by atoms with Crippen LogP contribution < -0.4 is 0 Å². The van der Waals surface area contributed by atoms with Crippen LogP contribution in [-0.2, 0) is 0 Å². The molecule has 0 spiro atoms. The van der Waals surface area contributed by atoms with E-state index in [1.807, 2.05) is 0 Å². The zero-order chi connectivity index (χ0) is 15.9. The maximum Gasteiger partial charge on any atom is 0.315 e. The Morgan fingerprint density at radius 2 is 1.82 bits per heavy atom. The molecular formula is C14H9N3O5. The van der Waals surface area contributed by atoms with Gasteiger partial charge >= 0.3 is 5.69 Å². The maximum absolute atomic E-state index is 11.3. The van der Waals surface area contributed by atoms with E-state index in [1.54, 1.807) is 19.1 Å². The number of rotatable bonds is 3. The number of nitro groups is 2. The molecule has 0 atom stereocenters. The van der Waals surface area contributed by atoms with Crippen LogP contribution in [0.4, 0.5) is 11.4 Å². The van der Waals surface area contributed by atoms with Gasteiger partial charge in [-0.3, -0.25) is 25.2 Å². The summed E-state index contributed by atoms with van der Waals surface area (Å²) in [6.07, 6.45) is 1.18. The minimum Gasteiger partial charge on any atom is -0.457 e. The number of aromatic nitrogens is 1. The summed E-state index contributed by atoms with van der Waals surface area (Å²) in [5, 5.41) is 22.6. The topological polar surface area (TPSA) is 112 Å². The lowest BCUT2D eigenvalue weighted by Gasteiger charge is -2.06. The van der Waals surface area contributed by atoms with Gasteiger partial charge in [-0.05, 0) is 19.1 Å².